The van der Waals surface area contributed by atoms with Gasteiger partial charge in [0.25, 0.3) is 0 Å². The average Bonchev–Trinajstić information content (AvgIpc) is 2.63. The minimum atomic E-state index is -0.937. The Hall–Kier alpha value is -1.24. The Morgan fingerprint density at radius 2 is 0.488 bits per heavy atom. The number of carboxylic acid groups (broad SMARTS) is 4. The van der Waals surface area contributed by atoms with Crippen LogP contribution in [0.5, 0.6) is 0 Å². The van der Waals surface area contributed by atoms with Crippen molar-refractivity contribution in [3.63, 3.8) is 0 Å². The van der Waals surface area contributed by atoms with Crippen LogP contribution in [0.15, 0.2) is 0 Å². The van der Waals surface area contributed by atoms with Gasteiger partial charge in [0, 0.05) is 23.9 Å². The molecule has 0 aromatic heterocycles. The SMILES string of the molecule is CC(C)CC(C)CC(=O)[O-].CC(C)CC(C)CC(=O)[O-].CC(C)CC(C)CC(=O)[O-].CC(C)CC(C)CC(=O)[O-].[Zr+4]. The van der Waals surface area contributed by atoms with Crippen LogP contribution in [0.4, 0.5) is 0 Å². The summed E-state index contributed by atoms with van der Waals surface area (Å²) < 4.78 is 0. The Morgan fingerprint density at radius 3 is 0.561 bits per heavy atom. The molecular formula is C32H60O8Zr. The van der Waals surface area contributed by atoms with E-state index in [-0.39, 0.29) is 75.6 Å². The zero-order valence-electron chi connectivity index (χ0n) is 28.0. The van der Waals surface area contributed by atoms with E-state index in [4.69, 9.17) is 0 Å². The molecule has 0 aromatic carbocycles. The Labute approximate surface area is 270 Å². The first kappa shape index (κ1) is 49.4. The molecule has 240 valence electrons. The molecule has 0 saturated heterocycles. The van der Waals surface area contributed by atoms with Crippen LogP contribution in [0.25, 0.3) is 0 Å². The molecular weight excluding hydrogens is 604 g/mol. The van der Waals surface area contributed by atoms with Crippen molar-refractivity contribution in [2.75, 3.05) is 0 Å². The monoisotopic (exact) mass is 662 g/mol. The van der Waals surface area contributed by atoms with Crippen molar-refractivity contribution in [2.45, 2.75) is 134 Å². The molecule has 0 fully saturated rings. The van der Waals surface area contributed by atoms with Gasteiger partial charge in [0.1, 0.15) is 0 Å². The molecule has 8 nitrogen and oxygen atoms in total. The van der Waals surface area contributed by atoms with Gasteiger partial charge in [0.05, 0.1) is 0 Å². The van der Waals surface area contributed by atoms with E-state index in [9.17, 15) is 39.6 Å². The third-order valence-electron chi connectivity index (χ3n) is 5.56. The van der Waals surface area contributed by atoms with Gasteiger partial charge in [0.2, 0.25) is 0 Å². The van der Waals surface area contributed by atoms with Gasteiger partial charge in [-0.2, -0.15) is 0 Å². The van der Waals surface area contributed by atoms with Crippen molar-refractivity contribution in [3.8, 4) is 0 Å². The average molecular weight is 664 g/mol. The molecule has 0 aliphatic carbocycles. The maximum absolute atomic E-state index is 10.1. The summed E-state index contributed by atoms with van der Waals surface area (Å²) >= 11 is 0. The van der Waals surface area contributed by atoms with Crippen LogP contribution in [0.2, 0.25) is 0 Å². The Kier molecular flexibility index (Phi) is 36.5. The number of carbonyl (C=O) groups is 4. The Balaban J connectivity index is -0.000000139. The van der Waals surface area contributed by atoms with Crippen LogP contribution in [0, 0.1) is 47.3 Å². The Morgan fingerprint density at radius 1 is 0.366 bits per heavy atom. The van der Waals surface area contributed by atoms with Gasteiger partial charge in [-0.3, -0.25) is 0 Å². The minimum absolute atomic E-state index is 0. The van der Waals surface area contributed by atoms with E-state index < -0.39 is 23.9 Å². The van der Waals surface area contributed by atoms with Gasteiger partial charge >= 0.3 is 26.2 Å². The zero-order chi connectivity index (χ0) is 32.6. The van der Waals surface area contributed by atoms with E-state index in [1.807, 2.05) is 27.7 Å². The van der Waals surface area contributed by atoms with Crippen LogP contribution in [0.3, 0.4) is 0 Å². The standard InChI is InChI=1S/4C8H16O2.Zr/c4*1-6(2)4-7(3)5-8(9)10;/h4*6-7H,4-5H2,1-3H3,(H,9,10);/q;;;;+4/p-4. The van der Waals surface area contributed by atoms with Gasteiger partial charge in [-0.15, -0.1) is 0 Å². The van der Waals surface area contributed by atoms with E-state index in [1.54, 1.807) is 0 Å². The molecule has 0 bridgehead atoms. The van der Waals surface area contributed by atoms with Crippen LogP contribution in [-0.4, -0.2) is 23.9 Å². The smallest absolute Gasteiger partial charge is 0.550 e. The molecule has 0 heterocycles. The van der Waals surface area contributed by atoms with Gasteiger partial charge in [-0.05, 0) is 98.7 Å². The molecule has 0 spiro atoms. The van der Waals surface area contributed by atoms with Gasteiger partial charge < -0.3 is 39.6 Å². The third kappa shape index (κ3) is 55.4. The number of aliphatic carboxylic acids is 4. The van der Waals surface area contributed by atoms with Gasteiger partial charge in [-0.1, -0.05) is 83.1 Å². The van der Waals surface area contributed by atoms with Crippen molar-refractivity contribution < 1.29 is 65.8 Å². The summed E-state index contributed by atoms with van der Waals surface area (Å²) in [5, 5.41) is 40.3. The van der Waals surface area contributed by atoms with E-state index in [0.29, 0.717) is 23.7 Å². The van der Waals surface area contributed by atoms with E-state index in [0.717, 1.165) is 25.7 Å². The van der Waals surface area contributed by atoms with Crippen LogP contribution in [0.1, 0.15) is 134 Å². The molecule has 4 unspecified atom stereocenters. The number of hydrogen-bond donors (Lipinski definition) is 0. The fourth-order valence-corrected chi connectivity index (χ4v) is 4.69. The summed E-state index contributed by atoms with van der Waals surface area (Å²) in [7, 11) is 0. The van der Waals surface area contributed by atoms with Crippen LogP contribution >= 0.6 is 0 Å². The molecule has 0 aliphatic heterocycles. The fourth-order valence-electron chi connectivity index (χ4n) is 4.69. The second-order valence-electron chi connectivity index (χ2n) is 13.2. The second kappa shape index (κ2) is 30.2. The molecule has 41 heavy (non-hydrogen) atoms. The van der Waals surface area contributed by atoms with Gasteiger partial charge in [-0.25, -0.2) is 0 Å². The van der Waals surface area contributed by atoms with Crippen LogP contribution in [-0.2, 0) is 45.4 Å². The molecule has 0 saturated carbocycles. The summed E-state index contributed by atoms with van der Waals surface area (Å²) in [6.07, 6.45) is 4.64. The number of rotatable bonds is 16. The van der Waals surface area contributed by atoms with Crippen molar-refractivity contribution in [2.24, 2.45) is 47.3 Å². The molecule has 0 aromatic rings. The molecule has 9 heteroatoms. The fraction of sp³-hybridized carbons (Fsp3) is 0.875. The molecule has 0 radical (unpaired) electrons. The van der Waals surface area contributed by atoms with E-state index >= 15 is 0 Å². The van der Waals surface area contributed by atoms with Gasteiger partial charge in [0.15, 0.2) is 0 Å². The van der Waals surface area contributed by atoms with E-state index in [2.05, 4.69) is 55.4 Å². The summed E-state index contributed by atoms with van der Waals surface area (Å²) in [5.41, 5.74) is 0. The summed E-state index contributed by atoms with van der Waals surface area (Å²) in [5.74, 6) is -0.417. The normalized spacial score (nSPS) is 13.3. The van der Waals surface area contributed by atoms with E-state index in [1.165, 1.54) is 0 Å². The number of carboxylic acids is 4. The number of hydrogen-bond acceptors (Lipinski definition) is 8. The van der Waals surface area contributed by atoms with Crippen molar-refractivity contribution in [1.29, 1.82) is 0 Å². The molecule has 0 aliphatic rings. The first-order valence-corrected chi connectivity index (χ1v) is 14.9. The third-order valence-corrected chi connectivity index (χ3v) is 5.56. The molecule has 0 rings (SSSR count). The van der Waals surface area contributed by atoms with Crippen molar-refractivity contribution in [1.82, 2.24) is 0 Å². The largest absolute Gasteiger partial charge is 4.00 e. The summed E-state index contributed by atoms with van der Waals surface area (Å²) in [6, 6.07) is 0. The topological polar surface area (TPSA) is 161 Å². The summed E-state index contributed by atoms with van der Waals surface area (Å²) in [4.78, 5) is 40.3. The first-order valence-electron chi connectivity index (χ1n) is 14.9. The molecule has 0 N–H and O–H groups in total. The minimum Gasteiger partial charge on any atom is -0.550 e. The molecule has 4 atom stereocenters. The first-order chi connectivity index (χ1) is 18.1. The maximum Gasteiger partial charge on any atom is 4.00 e. The maximum atomic E-state index is 10.1. The zero-order valence-corrected chi connectivity index (χ0v) is 30.5. The quantitative estimate of drug-likeness (QED) is 0.243. The van der Waals surface area contributed by atoms with Crippen molar-refractivity contribution >= 4 is 23.9 Å². The molecule has 0 amide bonds. The Bertz CT molecular complexity index is 550. The number of carbonyl (C=O) groups excluding carboxylic acids is 4. The van der Waals surface area contributed by atoms with Crippen molar-refractivity contribution in [3.05, 3.63) is 0 Å². The predicted molar refractivity (Wildman–Crippen MR) is 153 cm³/mol. The van der Waals surface area contributed by atoms with Crippen LogP contribution < -0.4 is 20.4 Å². The summed E-state index contributed by atoms with van der Waals surface area (Å²) in [6.45, 7) is 24.5. The second-order valence-corrected chi connectivity index (χ2v) is 13.2. The predicted octanol–water partition coefficient (Wildman–Crippen LogP) is 3.23.